The predicted molar refractivity (Wildman–Crippen MR) is 65.4 cm³/mol. The molecule has 1 aromatic heterocycles. The first-order valence-electron chi connectivity index (χ1n) is 4.63. The van der Waals surface area contributed by atoms with Crippen molar-refractivity contribution in [1.29, 1.82) is 0 Å². The lowest BCUT2D eigenvalue weighted by Crippen LogP contribution is -2.47. The van der Waals surface area contributed by atoms with E-state index in [1.165, 1.54) is 4.88 Å². The zero-order chi connectivity index (χ0) is 11.5. The maximum atomic E-state index is 10.8. The third-order valence-electron chi connectivity index (χ3n) is 2.09. The van der Waals surface area contributed by atoms with Crippen LogP contribution >= 0.6 is 27.3 Å². The molecular weight excluding hydrogens is 278 g/mol. The molecule has 0 radical (unpaired) electrons. The van der Waals surface area contributed by atoms with Gasteiger partial charge < -0.3 is 10.4 Å². The van der Waals surface area contributed by atoms with Gasteiger partial charge in [0.2, 0.25) is 0 Å². The number of thiophene rings is 1. The van der Waals surface area contributed by atoms with Crippen molar-refractivity contribution in [2.45, 2.75) is 25.8 Å². The highest BCUT2D eigenvalue weighted by molar-refractivity contribution is 9.10. The minimum atomic E-state index is -0.853. The molecule has 0 aromatic carbocycles. The number of nitrogens with one attached hydrogen (secondary N) is 1. The molecule has 0 unspecified atom stereocenters. The van der Waals surface area contributed by atoms with Crippen molar-refractivity contribution in [3.05, 3.63) is 20.8 Å². The molecular formula is C10H14BrNO2S. The molecule has 0 bridgehead atoms. The molecule has 0 spiro atoms. The Hall–Kier alpha value is -0.390. The Morgan fingerprint density at radius 2 is 2.33 bits per heavy atom. The monoisotopic (exact) mass is 291 g/mol. The number of aliphatic carboxylic acids is 1. The summed E-state index contributed by atoms with van der Waals surface area (Å²) < 4.78 is 1.08. The van der Waals surface area contributed by atoms with Crippen molar-refractivity contribution in [3.63, 3.8) is 0 Å². The lowest BCUT2D eigenvalue weighted by Gasteiger charge is -2.20. The quantitative estimate of drug-likeness (QED) is 0.876. The van der Waals surface area contributed by atoms with Gasteiger partial charge in [-0.2, -0.15) is 0 Å². The zero-order valence-corrected chi connectivity index (χ0v) is 11.1. The van der Waals surface area contributed by atoms with E-state index in [4.69, 9.17) is 5.11 Å². The van der Waals surface area contributed by atoms with Crippen LogP contribution in [0.25, 0.3) is 0 Å². The van der Waals surface area contributed by atoms with Crippen LogP contribution in [-0.4, -0.2) is 23.2 Å². The number of rotatable bonds is 5. The molecule has 0 amide bonds. The van der Waals surface area contributed by atoms with Gasteiger partial charge in [0.25, 0.3) is 0 Å². The van der Waals surface area contributed by atoms with Crippen LogP contribution in [0.2, 0.25) is 0 Å². The average Bonchev–Trinajstić information content (AvgIpc) is 2.51. The summed E-state index contributed by atoms with van der Waals surface area (Å²) >= 11 is 5.06. The zero-order valence-electron chi connectivity index (χ0n) is 8.71. The van der Waals surface area contributed by atoms with Gasteiger partial charge in [0.1, 0.15) is 5.54 Å². The van der Waals surface area contributed by atoms with E-state index in [0.29, 0.717) is 6.54 Å². The van der Waals surface area contributed by atoms with Gasteiger partial charge in [-0.1, -0.05) is 0 Å². The molecule has 0 fully saturated rings. The Kier molecular flexibility index (Phi) is 4.31. The standard InChI is InChI=1S/C10H14BrNO2S/c1-10(2,9(13)14)12-4-3-8-5-7(11)6-15-8/h5-6,12H,3-4H2,1-2H3,(H,13,14). The molecule has 0 saturated heterocycles. The molecule has 15 heavy (non-hydrogen) atoms. The van der Waals surface area contributed by atoms with E-state index in [1.54, 1.807) is 25.2 Å². The lowest BCUT2D eigenvalue weighted by molar-refractivity contribution is -0.143. The minimum Gasteiger partial charge on any atom is -0.480 e. The fourth-order valence-electron chi connectivity index (χ4n) is 1.06. The first kappa shape index (κ1) is 12.7. The average molecular weight is 292 g/mol. The first-order chi connectivity index (χ1) is 6.92. The molecule has 1 aromatic rings. The van der Waals surface area contributed by atoms with Crippen LogP contribution in [0.15, 0.2) is 15.9 Å². The highest BCUT2D eigenvalue weighted by Crippen LogP contribution is 2.19. The molecule has 0 saturated carbocycles. The highest BCUT2D eigenvalue weighted by Gasteiger charge is 2.25. The summed E-state index contributed by atoms with van der Waals surface area (Å²) in [6, 6.07) is 2.06. The molecule has 2 N–H and O–H groups in total. The Labute approximate surface area is 102 Å². The summed E-state index contributed by atoms with van der Waals surface area (Å²) in [5.41, 5.74) is -0.853. The van der Waals surface area contributed by atoms with Crippen LogP contribution in [0, 0.1) is 0 Å². The molecule has 1 heterocycles. The third-order valence-corrected chi connectivity index (χ3v) is 3.85. The molecule has 84 valence electrons. The van der Waals surface area contributed by atoms with Gasteiger partial charge in [0.05, 0.1) is 0 Å². The molecule has 5 heteroatoms. The molecule has 0 atom stereocenters. The maximum Gasteiger partial charge on any atom is 0.323 e. The predicted octanol–water partition coefficient (Wildman–Crippen LogP) is 2.51. The van der Waals surface area contributed by atoms with Crippen molar-refractivity contribution in [2.75, 3.05) is 6.54 Å². The summed E-state index contributed by atoms with van der Waals surface area (Å²) in [4.78, 5) is 12.0. The largest absolute Gasteiger partial charge is 0.480 e. The van der Waals surface area contributed by atoms with Crippen LogP contribution in [0.1, 0.15) is 18.7 Å². The van der Waals surface area contributed by atoms with E-state index in [-0.39, 0.29) is 0 Å². The van der Waals surface area contributed by atoms with E-state index in [2.05, 4.69) is 27.3 Å². The van der Waals surface area contributed by atoms with Gasteiger partial charge in [-0.25, -0.2) is 0 Å². The van der Waals surface area contributed by atoms with Crippen LogP contribution in [0.5, 0.6) is 0 Å². The van der Waals surface area contributed by atoms with E-state index in [1.807, 2.05) is 5.38 Å². The Morgan fingerprint density at radius 1 is 1.67 bits per heavy atom. The van der Waals surface area contributed by atoms with E-state index in [9.17, 15) is 4.79 Å². The summed E-state index contributed by atoms with van der Waals surface area (Å²) in [5.74, 6) is -0.824. The van der Waals surface area contributed by atoms with Gasteiger partial charge in [-0.05, 0) is 42.3 Å². The second kappa shape index (κ2) is 5.09. The summed E-state index contributed by atoms with van der Waals surface area (Å²) in [7, 11) is 0. The minimum absolute atomic E-state index is 0.673. The van der Waals surface area contributed by atoms with Crippen molar-refractivity contribution in [3.8, 4) is 0 Å². The van der Waals surface area contributed by atoms with Crippen molar-refractivity contribution in [1.82, 2.24) is 5.32 Å². The van der Waals surface area contributed by atoms with Gasteiger partial charge in [-0.15, -0.1) is 11.3 Å². The highest BCUT2D eigenvalue weighted by atomic mass is 79.9. The van der Waals surface area contributed by atoms with Crippen molar-refractivity contribution >= 4 is 33.2 Å². The number of carbonyl (C=O) groups is 1. The smallest absolute Gasteiger partial charge is 0.323 e. The first-order valence-corrected chi connectivity index (χ1v) is 6.30. The summed E-state index contributed by atoms with van der Waals surface area (Å²) in [6.45, 7) is 4.01. The van der Waals surface area contributed by atoms with Crippen LogP contribution in [0.4, 0.5) is 0 Å². The van der Waals surface area contributed by atoms with Gasteiger partial charge >= 0.3 is 5.97 Å². The second-order valence-electron chi connectivity index (χ2n) is 3.84. The molecule has 0 aliphatic rings. The Bertz CT molecular complexity index is 349. The van der Waals surface area contributed by atoms with E-state index < -0.39 is 11.5 Å². The molecule has 0 aliphatic heterocycles. The number of carboxylic acids is 1. The SMILES string of the molecule is CC(C)(NCCc1cc(Br)cs1)C(=O)O. The second-order valence-corrected chi connectivity index (χ2v) is 5.75. The lowest BCUT2D eigenvalue weighted by atomic mass is 10.1. The molecule has 1 rings (SSSR count). The van der Waals surface area contributed by atoms with E-state index >= 15 is 0 Å². The topological polar surface area (TPSA) is 49.3 Å². The summed E-state index contributed by atoms with van der Waals surface area (Å²) in [5, 5.41) is 13.9. The molecule has 3 nitrogen and oxygen atoms in total. The van der Waals surface area contributed by atoms with Gasteiger partial charge in [-0.3, -0.25) is 4.79 Å². The third kappa shape index (κ3) is 3.93. The van der Waals surface area contributed by atoms with Gasteiger partial charge in [0, 0.05) is 21.3 Å². The Morgan fingerprint density at radius 3 is 2.80 bits per heavy atom. The number of carboxylic acid groups (broad SMARTS) is 1. The normalized spacial score (nSPS) is 11.7. The summed E-state index contributed by atoms with van der Waals surface area (Å²) in [6.07, 6.45) is 0.854. The van der Waals surface area contributed by atoms with E-state index in [0.717, 1.165) is 10.9 Å². The van der Waals surface area contributed by atoms with Crippen LogP contribution in [0.3, 0.4) is 0 Å². The van der Waals surface area contributed by atoms with Crippen LogP contribution < -0.4 is 5.32 Å². The fourth-order valence-corrected chi connectivity index (χ4v) is 2.51. The Balaban J connectivity index is 2.36. The molecule has 0 aliphatic carbocycles. The maximum absolute atomic E-state index is 10.8. The number of hydrogen-bond donors (Lipinski definition) is 2. The van der Waals surface area contributed by atoms with Crippen molar-refractivity contribution < 1.29 is 9.90 Å². The van der Waals surface area contributed by atoms with Crippen LogP contribution in [-0.2, 0) is 11.2 Å². The number of hydrogen-bond acceptors (Lipinski definition) is 3. The number of halogens is 1. The fraction of sp³-hybridized carbons (Fsp3) is 0.500. The van der Waals surface area contributed by atoms with Crippen molar-refractivity contribution in [2.24, 2.45) is 0 Å². The van der Waals surface area contributed by atoms with Gasteiger partial charge in [0.15, 0.2) is 0 Å².